The first kappa shape index (κ1) is 26.0. The number of phenols is 1. The lowest BCUT2D eigenvalue weighted by molar-refractivity contribution is 0.0392. The molecule has 1 atom stereocenters. The summed E-state index contributed by atoms with van der Waals surface area (Å²) >= 11 is 2.30. The van der Waals surface area contributed by atoms with E-state index >= 15 is 0 Å². The molecule has 6 nitrogen and oxygen atoms in total. The summed E-state index contributed by atoms with van der Waals surface area (Å²) in [4.78, 5) is 0. The van der Waals surface area contributed by atoms with Crippen molar-refractivity contribution in [2.45, 2.75) is 45.0 Å². The second-order valence-corrected chi connectivity index (χ2v) is 8.72. The van der Waals surface area contributed by atoms with Crippen molar-refractivity contribution in [1.29, 1.82) is 0 Å². The van der Waals surface area contributed by atoms with Crippen LogP contribution in [0, 0.1) is 3.57 Å². The van der Waals surface area contributed by atoms with Crippen molar-refractivity contribution in [1.82, 2.24) is 5.32 Å². The Hall–Kier alpha value is -1.23. The molecule has 172 valence electrons. The van der Waals surface area contributed by atoms with E-state index < -0.39 is 6.10 Å². The van der Waals surface area contributed by atoms with E-state index in [4.69, 9.17) is 9.47 Å². The Bertz CT molecular complexity index is 758. The third-order valence-electron chi connectivity index (χ3n) is 4.92. The predicted molar refractivity (Wildman–Crippen MR) is 130 cm³/mol. The van der Waals surface area contributed by atoms with Gasteiger partial charge < -0.3 is 30.1 Å². The summed E-state index contributed by atoms with van der Waals surface area (Å²) in [5, 5.41) is 32.2. The SMILES string of the molecule is OCc1cc([C@@H](O)CNCCCCCCOCCOCc2cccc(I)c2)ccc1O. The highest BCUT2D eigenvalue weighted by Gasteiger charge is 2.09. The van der Waals surface area contributed by atoms with Crippen molar-refractivity contribution >= 4 is 22.6 Å². The Kier molecular flexibility index (Phi) is 13.1. The van der Waals surface area contributed by atoms with E-state index in [-0.39, 0.29) is 12.4 Å². The van der Waals surface area contributed by atoms with Gasteiger partial charge in [0.05, 0.1) is 32.5 Å². The lowest BCUT2D eigenvalue weighted by Gasteiger charge is -2.14. The van der Waals surface area contributed by atoms with Gasteiger partial charge in [-0.2, -0.15) is 0 Å². The normalized spacial score (nSPS) is 12.2. The average Bonchev–Trinajstić information content (AvgIpc) is 2.77. The molecule has 0 amide bonds. The summed E-state index contributed by atoms with van der Waals surface area (Å²) in [6.07, 6.45) is 3.65. The molecule has 0 fully saturated rings. The molecule has 7 heteroatoms. The molecule has 0 radical (unpaired) electrons. The molecular weight excluding hydrogens is 509 g/mol. The first-order chi connectivity index (χ1) is 15.1. The number of benzene rings is 2. The lowest BCUT2D eigenvalue weighted by atomic mass is 10.1. The molecule has 0 unspecified atom stereocenters. The van der Waals surface area contributed by atoms with Crippen LogP contribution < -0.4 is 5.32 Å². The topological polar surface area (TPSA) is 91.2 Å². The zero-order valence-corrected chi connectivity index (χ0v) is 20.1. The van der Waals surface area contributed by atoms with Gasteiger partial charge >= 0.3 is 0 Å². The number of aromatic hydroxyl groups is 1. The molecule has 0 aliphatic rings. The third kappa shape index (κ3) is 10.8. The van der Waals surface area contributed by atoms with E-state index in [0.717, 1.165) is 38.8 Å². The number of halogens is 1. The van der Waals surface area contributed by atoms with Crippen LogP contribution in [-0.4, -0.2) is 48.2 Å². The quantitative estimate of drug-likeness (QED) is 0.190. The van der Waals surface area contributed by atoms with Gasteiger partial charge in [-0.15, -0.1) is 0 Å². The van der Waals surface area contributed by atoms with Crippen LogP contribution in [0.15, 0.2) is 42.5 Å². The Morgan fingerprint density at radius 3 is 2.55 bits per heavy atom. The number of rotatable bonds is 16. The zero-order chi connectivity index (χ0) is 22.3. The first-order valence-electron chi connectivity index (χ1n) is 10.8. The molecule has 0 saturated heterocycles. The van der Waals surface area contributed by atoms with Gasteiger partial charge in [0, 0.05) is 22.3 Å². The average molecular weight is 543 g/mol. The number of nitrogens with one attached hydrogen (secondary N) is 1. The summed E-state index contributed by atoms with van der Waals surface area (Å²) in [5.74, 6) is 0.0462. The number of ether oxygens (including phenoxy) is 2. The van der Waals surface area contributed by atoms with E-state index in [1.54, 1.807) is 12.1 Å². The summed E-state index contributed by atoms with van der Waals surface area (Å²) in [5.41, 5.74) is 2.30. The molecule has 31 heavy (non-hydrogen) atoms. The minimum Gasteiger partial charge on any atom is -0.508 e. The van der Waals surface area contributed by atoms with E-state index in [2.05, 4.69) is 46.1 Å². The maximum absolute atomic E-state index is 10.2. The lowest BCUT2D eigenvalue weighted by Crippen LogP contribution is -2.22. The maximum Gasteiger partial charge on any atom is 0.121 e. The van der Waals surface area contributed by atoms with Gasteiger partial charge in [0.25, 0.3) is 0 Å². The number of aliphatic hydroxyl groups excluding tert-OH is 2. The molecule has 0 bridgehead atoms. The molecule has 4 N–H and O–H groups in total. The van der Waals surface area contributed by atoms with Crippen molar-refractivity contribution in [2.24, 2.45) is 0 Å². The highest BCUT2D eigenvalue weighted by atomic mass is 127. The van der Waals surface area contributed by atoms with Gasteiger partial charge in [-0.1, -0.05) is 31.0 Å². The van der Waals surface area contributed by atoms with Crippen LogP contribution in [0.3, 0.4) is 0 Å². The molecule has 2 aromatic rings. The number of hydrogen-bond acceptors (Lipinski definition) is 6. The third-order valence-corrected chi connectivity index (χ3v) is 5.59. The molecule has 2 aromatic carbocycles. The fourth-order valence-corrected chi connectivity index (χ4v) is 3.75. The molecule has 0 aromatic heterocycles. The van der Waals surface area contributed by atoms with Crippen molar-refractivity contribution in [2.75, 3.05) is 32.9 Å². The summed E-state index contributed by atoms with van der Waals surface area (Å²) in [6.45, 7) is 3.65. The summed E-state index contributed by atoms with van der Waals surface area (Å²) in [7, 11) is 0. The second kappa shape index (κ2) is 15.6. The van der Waals surface area contributed by atoms with Gasteiger partial charge in [-0.05, 0) is 77.4 Å². The number of unbranched alkanes of at least 4 members (excludes halogenated alkanes) is 3. The number of aliphatic hydroxyl groups is 2. The minimum absolute atomic E-state index is 0.0462. The largest absolute Gasteiger partial charge is 0.508 e. The molecule has 0 saturated carbocycles. The van der Waals surface area contributed by atoms with Gasteiger partial charge in [-0.3, -0.25) is 0 Å². The monoisotopic (exact) mass is 543 g/mol. The van der Waals surface area contributed by atoms with Gasteiger partial charge in [-0.25, -0.2) is 0 Å². The molecule has 0 aliphatic carbocycles. The standard InChI is InChI=1S/C24H34INO5/c25-22-7-5-6-19(14-22)18-31-13-12-30-11-4-2-1-3-10-26-16-24(29)20-8-9-23(28)21(15-20)17-27/h5-9,14-15,24,26-29H,1-4,10-13,16-18H2/t24-/m0/s1. The fourth-order valence-electron chi connectivity index (χ4n) is 3.14. The van der Waals surface area contributed by atoms with Gasteiger partial charge in [0.1, 0.15) is 5.75 Å². The second-order valence-electron chi connectivity index (χ2n) is 7.48. The van der Waals surface area contributed by atoms with Crippen LogP contribution >= 0.6 is 22.6 Å². The van der Waals surface area contributed by atoms with Crippen LogP contribution in [0.5, 0.6) is 5.75 Å². The first-order valence-corrected chi connectivity index (χ1v) is 11.9. The Morgan fingerprint density at radius 1 is 0.935 bits per heavy atom. The molecule has 2 rings (SSSR count). The fraction of sp³-hybridized carbons (Fsp3) is 0.500. The van der Waals surface area contributed by atoms with E-state index in [1.807, 2.05) is 6.07 Å². The minimum atomic E-state index is -0.660. The van der Waals surface area contributed by atoms with Crippen LogP contribution in [0.1, 0.15) is 48.5 Å². The molecule has 0 aliphatic heterocycles. The van der Waals surface area contributed by atoms with Gasteiger partial charge in [0.2, 0.25) is 0 Å². The predicted octanol–water partition coefficient (Wildman–Crippen LogP) is 3.91. The Labute approximate surface area is 198 Å². The molecular formula is C24H34INO5. The molecule has 0 spiro atoms. The number of hydrogen-bond donors (Lipinski definition) is 4. The summed E-state index contributed by atoms with van der Waals surface area (Å²) < 4.78 is 12.5. The van der Waals surface area contributed by atoms with Crippen LogP contribution in [-0.2, 0) is 22.7 Å². The smallest absolute Gasteiger partial charge is 0.121 e. The van der Waals surface area contributed by atoms with E-state index in [0.29, 0.717) is 37.5 Å². The Morgan fingerprint density at radius 2 is 1.74 bits per heavy atom. The Balaban J connectivity index is 1.39. The zero-order valence-electron chi connectivity index (χ0n) is 17.9. The molecule has 0 heterocycles. The van der Waals surface area contributed by atoms with Crippen molar-refractivity contribution in [3.63, 3.8) is 0 Å². The summed E-state index contributed by atoms with van der Waals surface area (Å²) in [6, 6.07) is 13.1. The highest BCUT2D eigenvalue weighted by molar-refractivity contribution is 14.1. The van der Waals surface area contributed by atoms with Crippen LogP contribution in [0.25, 0.3) is 0 Å². The van der Waals surface area contributed by atoms with Crippen molar-refractivity contribution < 1.29 is 24.8 Å². The van der Waals surface area contributed by atoms with E-state index in [9.17, 15) is 15.3 Å². The van der Waals surface area contributed by atoms with Crippen LogP contribution in [0.4, 0.5) is 0 Å². The van der Waals surface area contributed by atoms with Crippen molar-refractivity contribution in [3.8, 4) is 5.75 Å². The van der Waals surface area contributed by atoms with E-state index in [1.165, 1.54) is 15.2 Å². The van der Waals surface area contributed by atoms with Crippen LogP contribution in [0.2, 0.25) is 0 Å². The van der Waals surface area contributed by atoms with Crippen molar-refractivity contribution in [3.05, 3.63) is 62.7 Å². The highest BCUT2D eigenvalue weighted by Crippen LogP contribution is 2.22. The van der Waals surface area contributed by atoms with Gasteiger partial charge in [0.15, 0.2) is 0 Å². The maximum atomic E-state index is 10.2.